The van der Waals surface area contributed by atoms with Crippen LogP contribution < -0.4 is 10.6 Å². The highest BCUT2D eigenvalue weighted by atomic mass is 35.5. The van der Waals surface area contributed by atoms with E-state index < -0.39 is 0 Å². The Kier molecular flexibility index (Phi) is 3.97. The Hall–Kier alpha value is -1.88. The molecule has 2 aromatic rings. The van der Waals surface area contributed by atoms with Crippen LogP contribution in [0.15, 0.2) is 30.5 Å². The van der Waals surface area contributed by atoms with Crippen LogP contribution in [0.1, 0.15) is 18.4 Å². The summed E-state index contributed by atoms with van der Waals surface area (Å²) >= 11 is 5.86. The van der Waals surface area contributed by atoms with Crippen molar-refractivity contribution >= 4 is 23.4 Å². The second-order valence-corrected chi connectivity index (χ2v) is 5.32. The van der Waals surface area contributed by atoms with Crippen LogP contribution in [0.4, 0.5) is 11.8 Å². The molecule has 0 aliphatic heterocycles. The fourth-order valence-electron chi connectivity index (χ4n) is 1.85. The van der Waals surface area contributed by atoms with Gasteiger partial charge in [0, 0.05) is 17.6 Å². The van der Waals surface area contributed by atoms with Gasteiger partial charge in [0.05, 0.1) is 6.20 Å². The summed E-state index contributed by atoms with van der Waals surface area (Å²) in [7, 11) is 0. The van der Waals surface area contributed by atoms with Crippen LogP contribution >= 0.6 is 11.6 Å². The van der Waals surface area contributed by atoms with Crippen molar-refractivity contribution in [2.45, 2.75) is 25.3 Å². The van der Waals surface area contributed by atoms with E-state index in [2.05, 4.69) is 25.8 Å². The third-order valence-electron chi connectivity index (χ3n) is 3.10. The van der Waals surface area contributed by atoms with Crippen molar-refractivity contribution in [1.82, 2.24) is 15.2 Å². The van der Waals surface area contributed by atoms with Gasteiger partial charge in [-0.15, -0.1) is 5.10 Å². The van der Waals surface area contributed by atoms with Gasteiger partial charge >= 0.3 is 0 Å². The normalized spacial score (nSPS) is 14.1. The van der Waals surface area contributed by atoms with Gasteiger partial charge in [0.1, 0.15) is 0 Å². The van der Waals surface area contributed by atoms with Gasteiger partial charge in [-0.3, -0.25) is 0 Å². The molecule has 6 heteroatoms. The number of nitrogens with one attached hydrogen (secondary N) is 2. The minimum Gasteiger partial charge on any atom is -0.368 e. The molecule has 1 fully saturated rings. The summed E-state index contributed by atoms with van der Waals surface area (Å²) < 4.78 is 0. The van der Waals surface area contributed by atoms with Gasteiger partial charge in [0.2, 0.25) is 5.95 Å². The molecule has 20 heavy (non-hydrogen) atoms. The van der Waals surface area contributed by atoms with E-state index in [0.717, 1.165) is 23.8 Å². The Morgan fingerprint density at radius 1 is 1.20 bits per heavy atom. The molecule has 0 spiro atoms. The van der Waals surface area contributed by atoms with Gasteiger partial charge in [0.25, 0.3) is 0 Å². The number of hydrogen-bond acceptors (Lipinski definition) is 5. The smallest absolute Gasteiger partial charge is 0.244 e. The number of rotatable bonds is 6. The van der Waals surface area contributed by atoms with Crippen molar-refractivity contribution in [1.29, 1.82) is 0 Å². The van der Waals surface area contributed by atoms with Crippen LogP contribution in [-0.4, -0.2) is 27.8 Å². The number of benzene rings is 1. The van der Waals surface area contributed by atoms with Crippen LogP contribution in [0.2, 0.25) is 5.02 Å². The summed E-state index contributed by atoms with van der Waals surface area (Å²) in [6.07, 6.45) is 4.93. The molecule has 1 aliphatic rings. The van der Waals surface area contributed by atoms with Crippen LogP contribution in [0.5, 0.6) is 0 Å². The van der Waals surface area contributed by atoms with Gasteiger partial charge in [-0.25, -0.2) is 0 Å². The van der Waals surface area contributed by atoms with Gasteiger partial charge < -0.3 is 10.6 Å². The SMILES string of the molecule is Clc1ccc(CCNc2cnnc(NC3CC3)n2)cc1. The third-order valence-corrected chi connectivity index (χ3v) is 3.35. The molecule has 1 saturated carbocycles. The third kappa shape index (κ3) is 3.81. The number of halogens is 1. The zero-order chi connectivity index (χ0) is 13.8. The second-order valence-electron chi connectivity index (χ2n) is 4.89. The Labute approximate surface area is 122 Å². The van der Waals surface area contributed by atoms with E-state index >= 15 is 0 Å². The first kappa shape index (κ1) is 13.1. The van der Waals surface area contributed by atoms with Crippen molar-refractivity contribution in [3.8, 4) is 0 Å². The van der Waals surface area contributed by atoms with E-state index in [1.807, 2.05) is 24.3 Å². The van der Waals surface area contributed by atoms with E-state index in [4.69, 9.17) is 11.6 Å². The zero-order valence-electron chi connectivity index (χ0n) is 11.0. The fraction of sp³-hybridized carbons (Fsp3) is 0.357. The summed E-state index contributed by atoms with van der Waals surface area (Å²) in [5, 5.41) is 15.2. The molecule has 2 N–H and O–H groups in total. The van der Waals surface area contributed by atoms with Gasteiger partial charge in [-0.2, -0.15) is 10.1 Å². The summed E-state index contributed by atoms with van der Waals surface area (Å²) in [6.45, 7) is 0.795. The highest BCUT2D eigenvalue weighted by Crippen LogP contribution is 2.22. The summed E-state index contributed by atoms with van der Waals surface area (Å²) in [5.41, 5.74) is 1.24. The minimum atomic E-state index is 0.529. The lowest BCUT2D eigenvalue weighted by molar-refractivity contribution is 0.928. The predicted molar refractivity (Wildman–Crippen MR) is 80.1 cm³/mol. The van der Waals surface area contributed by atoms with Crippen molar-refractivity contribution in [2.24, 2.45) is 0 Å². The molecule has 0 atom stereocenters. The first-order valence-corrected chi connectivity index (χ1v) is 7.12. The second kappa shape index (κ2) is 6.05. The number of nitrogens with zero attached hydrogens (tertiary/aromatic N) is 3. The molecule has 0 bridgehead atoms. The van der Waals surface area contributed by atoms with E-state index in [9.17, 15) is 0 Å². The minimum absolute atomic E-state index is 0.529. The molecule has 0 saturated heterocycles. The molecule has 1 heterocycles. The molecule has 5 nitrogen and oxygen atoms in total. The predicted octanol–water partition coefficient (Wildman–Crippen LogP) is 2.75. The topological polar surface area (TPSA) is 62.7 Å². The quantitative estimate of drug-likeness (QED) is 0.856. The Morgan fingerprint density at radius 2 is 2.00 bits per heavy atom. The molecule has 104 valence electrons. The van der Waals surface area contributed by atoms with E-state index in [1.165, 1.54) is 18.4 Å². The molecular weight excluding hydrogens is 274 g/mol. The molecule has 0 amide bonds. The van der Waals surface area contributed by atoms with Crippen molar-refractivity contribution in [3.05, 3.63) is 41.0 Å². The number of aromatic nitrogens is 3. The average molecular weight is 290 g/mol. The lowest BCUT2D eigenvalue weighted by Crippen LogP contribution is -2.11. The molecule has 1 aromatic heterocycles. The highest BCUT2D eigenvalue weighted by Gasteiger charge is 2.22. The summed E-state index contributed by atoms with van der Waals surface area (Å²) in [5.74, 6) is 1.35. The first-order valence-electron chi connectivity index (χ1n) is 6.74. The lowest BCUT2D eigenvalue weighted by atomic mass is 10.1. The number of hydrogen-bond donors (Lipinski definition) is 2. The highest BCUT2D eigenvalue weighted by molar-refractivity contribution is 6.30. The molecular formula is C14H16ClN5. The molecule has 1 aliphatic carbocycles. The van der Waals surface area contributed by atoms with E-state index in [1.54, 1.807) is 6.20 Å². The van der Waals surface area contributed by atoms with Crippen LogP contribution in [0.3, 0.4) is 0 Å². The Balaban J connectivity index is 1.51. The largest absolute Gasteiger partial charge is 0.368 e. The van der Waals surface area contributed by atoms with Crippen LogP contribution in [-0.2, 0) is 6.42 Å². The monoisotopic (exact) mass is 289 g/mol. The maximum Gasteiger partial charge on any atom is 0.244 e. The molecule has 0 unspecified atom stereocenters. The Bertz CT molecular complexity index is 568. The van der Waals surface area contributed by atoms with E-state index in [0.29, 0.717) is 12.0 Å². The van der Waals surface area contributed by atoms with Crippen LogP contribution in [0, 0.1) is 0 Å². The lowest BCUT2D eigenvalue weighted by Gasteiger charge is -2.07. The maximum absolute atomic E-state index is 5.86. The standard InChI is InChI=1S/C14H16ClN5/c15-11-3-1-10(2-4-11)7-8-16-13-9-17-20-14(19-13)18-12-5-6-12/h1-4,9,12H,5-8H2,(H2,16,18,19,20). The summed E-state index contributed by atoms with van der Waals surface area (Å²) in [4.78, 5) is 4.38. The molecule has 1 aromatic carbocycles. The Morgan fingerprint density at radius 3 is 2.75 bits per heavy atom. The van der Waals surface area contributed by atoms with Gasteiger partial charge in [-0.1, -0.05) is 23.7 Å². The fourth-order valence-corrected chi connectivity index (χ4v) is 1.97. The van der Waals surface area contributed by atoms with Gasteiger partial charge in [-0.05, 0) is 37.0 Å². The van der Waals surface area contributed by atoms with E-state index in [-0.39, 0.29) is 0 Å². The maximum atomic E-state index is 5.86. The molecule has 0 radical (unpaired) electrons. The number of anilines is 2. The zero-order valence-corrected chi connectivity index (χ0v) is 11.8. The van der Waals surface area contributed by atoms with Crippen molar-refractivity contribution in [2.75, 3.05) is 17.2 Å². The summed E-state index contributed by atoms with van der Waals surface area (Å²) in [6, 6.07) is 8.40. The van der Waals surface area contributed by atoms with Crippen LogP contribution in [0.25, 0.3) is 0 Å². The van der Waals surface area contributed by atoms with Gasteiger partial charge in [0.15, 0.2) is 5.82 Å². The van der Waals surface area contributed by atoms with Crippen molar-refractivity contribution in [3.63, 3.8) is 0 Å². The molecule has 3 rings (SSSR count). The first-order chi connectivity index (χ1) is 9.79. The average Bonchev–Trinajstić information content (AvgIpc) is 3.26. The van der Waals surface area contributed by atoms with Crippen molar-refractivity contribution < 1.29 is 0 Å².